The molecule has 1 N–H and O–H groups in total. The molecule has 1 saturated carbocycles. The van der Waals surface area contributed by atoms with Crippen molar-refractivity contribution in [1.29, 1.82) is 0 Å². The van der Waals surface area contributed by atoms with Crippen LogP contribution in [-0.2, 0) is 13.5 Å². The van der Waals surface area contributed by atoms with E-state index >= 15 is 0 Å². The average Bonchev–Trinajstić information content (AvgIpc) is 3.13. The Hall–Kier alpha value is -0.900. The molecular formula is C13H22N4. The van der Waals surface area contributed by atoms with Gasteiger partial charge in [0.15, 0.2) is 5.82 Å². The second kappa shape index (κ2) is 4.77. The van der Waals surface area contributed by atoms with E-state index in [-0.39, 0.29) is 0 Å². The zero-order chi connectivity index (χ0) is 11.7. The number of nitrogens with zero attached hydrogens (tertiary/aromatic N) is 3. The fourth-order valence-corrected chi connectivity index (χ4v) is 2.67. The lowest BCUT2D eigenvalue weighted by Gasteiger charge is -2.22. The number of hydrogen-bond acceptors (Lipinski definition) is 3. The first kappa shape index (κ1) is 11.2. The minimum Gasteiger partial charge on any atom is -0.316 e. The van der Waals surface area contributed by atoms with Gasteiger partial charge in [-0.1, -0.05) is 0 Å². The predicted molar refractivity (Wildman–Crippen MR) is 66.9 cm³/mol. The lowest BCUT2D eigenvalue weighted by molar-refractivity contribution is 0.354. The topological polar surface area (TPSA) is 42.7 Å². The minimum atomic E-state index is 0.672. The number of rotatable bonds is 4. The Morgan fingerprint density at radius 3 is 2.94 bits per heavy atom. The van der Waals surface area contributed by atoms with E-state index in [0.717, 1.165) is 18.2 Å². The molecule has 0 spiro atoms. The highest BCUT2D eigenvalue weighted by Gasteiger charge is 2.28. The summed E-state index contributed by atoms with van der Waals surface area (Å²) in [6.45, 7) is 2.39. The lowest BCUT2D eigenvalue weighted by atomic mass is 9.94. The highest BCUT2D eigenvalue weighted by atomic mass is 15.3. The molecule has 2 fully saturated rings. The molecule has 0 radical (unpaired) electrons. The first-order chi connectivity index (χ1) is 8.33. The molecule has 2 heterocycles. The van der Waals surface area contributed by atoms with Gasteiger partial charge in [-0.2, -0.15) is 5.10 Å². The zero-order valence-corrected chi connectivity index (χ0v) is 10.7. The molecule has 94 valence electrons. The average molecular weight is 234 g/mol. The van der Waals surface area contributed by atoms with Crippen molar-refractivity contribution in [3.63, 3.8) is 0 Å². The van der Waals surface area contributed by atoms with Crippen LogP contribution in [0.4, 0.5) is 0 Å². The molecule has 17 heavy (non-hydrogen) atoms. The summed E-state index contributed by atoms with van der Waals surface area (Å²) in [5.74, 6) is 3.78. The third kappa shape index (κ3) is 2.68. The van der Waals surface area contributed by atoms with Crippen molar-refractivity contribution in [2.24, 2.45) is 13.0 Å². The van der Waals surface area contributed by atoms with Crippen LogP contribution in [0.15, 0.2) is 0 Å². The summed E-state index contributed by atoms with van der Waals surface area (Å²) in [7, 11) is 2.04. The van der Waals surface area contributed by atoms with Gasteiger partial charge in [-0.05, 0) is 51.1 Å². The number of piperidine rings is 1. The molecule has 0 bridgehead atoms. The minimum absolute atomic E-state index is 0.672. The smallest absolute Gasteiger partial charge is 0.154 e. The summed E-state index contributed by atoms with van der Waals surface area (Å²) in [5.41, 5.74) is 0. The molecule has 1 aliphatic heterocycles. The van der Waals surface area contributed by atoms with Gasteiger partial charge in [0.25, 0.3) is 0 Å². The van der Waals surface area contributed by atoms with E-state index in [1.165, 1.54) is 51.0 Å². The first-order valence-electron chi connectivity index (χ1n) is 6.93. The third-order valence-corrected chi connectivity index (χ3v) is 3.99. The first-order valence-corrected chi connectivity index (χ1v) is 6.93. The summed E-state index contributed by atoms with van der Waals surface area (Å²) < 4.78 is 1.99. The fraction of sp³-hybridized carbons (Fsp3) is 0.846. The van der Waals surface area contributed by atoms with Crippen LogP contribution < -0.4 is 5.32 Å². The van der Waals surface area contributed by atoms with E-state index < -0.39 is 0 Å². The van der Waals surface area contributed by atoms with E-state index in [2.05, 4.69) is 15.4 Å². The van der Waals surface area contributed by atoms with Crippen LogP contribution in [0.5, 0.6) is 0 Å². The van der Waals surface area contributed by atoms with E-state index in [1.54, 1.807) is 0 Å². The van der Waals surface area contributed by atoms with Gasteiger partial charge in [0.05, 0.1) is 0 Å². The van der Waals surface area contributed by atoms with Gasteiger partial charge in [-0.15, -0.1) is 0 Å². The van der Waals surface area contributed by atoms with Crippen LogP contribution in [0.1, 0.15) is 49.7 Å². The standard InChI is InChI=1S/C13H22N4/c1-17-12(15-13(16-17)11-5-6-11)7-4-10-3-2-8-14-9-10/h10-11,14H,2-9H2,1H3. The zero-order valence-electron chi connectivity index (χ0n) is 10.7. The van der Waals surface area contributed by atoms with Gasteiger partial charge in [-0.25, -0.2) is 4.98 Å². The molecule has 3 rings (SSSR count). The molecule has 4 nitrogen and oxygen atoms in total. The highest BCUT2D eigenvalue weighted by molar-refractivity contribution is 5.06. The summed E-state index contributed by atoms with van der Waals surface area (Å²) in [6.07, 6.45) is 7.62. The summed E-state index contributed by atoms with van der Waals surface area (Å²) >= 11 is 0. The second-order valence-corrected chi connectivity index (χ2v) is 5.54. The van der Waals surface area contributed by atoms with Crippen LogP contribution in [-0.4, -0.2) is 27.9 Å². The molecule has 1 saturated heterocycles. The number of aryl methyl sites for hydroxylation is 2. The van der Waals surface area contributed by atoms with Crippen LogP contribution in [0, 0.1) is 5.92 Å². The fourth-order valence-electron chi connectivity index (χ4n) is 2.67. The maximum atomic E-state index is 4.69. The van der Waals surface area contributed by atoms with E-state index in [0.29, 0.717) is 5.92 Å². The predicted octanol–water partition coefficient (Wildman–Crippen LogP) is 1.62. The Labute approximate surface area is 103 Å². The van der Waals surface area contributed by atoms with Gasteiger partial charge in [0.2, 0.25) is 0 Å². The molecule has 4 heteroatoms. The SMILES string of the molecule is Cn1nc(C2CC2)nc1CCC1CCCNC1. The molecule has 2 aliphatic rings. The molecule has 1 atom stereocenters. The van der Waals surface area contributed by atoms with Crippen molar-refractivity contribution >= 4 is 0 Å². The molecule has 1 unspecified atom stereocenters. The van der Waals surface area contributed by atoms with E-state index in [1.807, 2.05) is 11.7 Å². The summed E-state index contributed by atoms with van der Waals surface area (Å²) in [5, 5.41) is 8.00. The van der Waals surface area contributed by atoms with Crippen molar-refractivity contribution in [2.45, 2.75) is 44.4 Å². The monoisotopic (exact) mass is 234 g/mol. The maximum absolute atomic E-state index is 4.69. The largest absolute Gasteiger partial charge is 0.316 e. The molecular weight excluding hydrogens is 212 g/mol. The van der Waals surface area contributed by atoms with Gasteiger partial charge >= 0.3 is 0 Å². The molecule has 1 aliphatic carbocycles. The highest BCUT2D eigenvalue weighted by Crippen LogP contribution is 2.38. The van der Waals surface area contributed by atoms with Crippen LogP contribution in [0.2, 0.25) is 0 Å². The van der Waals surface area contributed by atoms with Gasteiger partial charge in [-0.3, -0.25) is 4.68 Å². The molecule has 0 amide bonds. The Balaban J connectivity index is 1.56. The maximum Gasteiger partial charge on any atom is 0.154 e. The quantitative estimate of drug-likeness (QED) is 0.861. The Bertz CT molecular complexity index is 375. The second-order valence-electron chi connectivity index (χ2n) is 5.54. The summed E-state index contributed by atoms with van der Waals surface area (Å²) in [6, 6.07) is 0. The third-order valence-electron chi connectivity index (χ3n) is 3.99. The molecule has 1 aromatic heterocycles. The van der Waals surface area contributed by atoms with Crippen molar-refractivity contribution in [3.05, 3.63) is 11.6 Å². The molecule has 0 aromatic carbocycles. The number of hydrogen-bond donors (Lipinski definition) is 1. The van der Waals surface area contributed by atoms with Crippen molar-refractivity contribution < 1.29 is 0 Å². The Kier molecular flexibility index (Phi) is 3.14. The van der Waals surface area contributed by atoms with E-state index in [4.69, 9.17) is 0 Å². The van der Waals surface area contributed by atoms with Gasteiger partial charge in [0, 0.05) is 19.4 Å². The molecule has 1 aromatic rings. The van der Waals surface area contributed by atoms with Crippen molar-refractivity contribution in [3.8, 4) is 0 Å². The van der Waals surface area contributed by atoms with Crippen molar-refractivity contribution in [1.82, 2.24) is 20.1 Å². The normalized spacial score (nSPS) is 25.1. The van der Waals surface area contributed by atoms with Gasteiger partial charge in [0.1, 0.15) is 5.82 Å². The number of nitrogens with one attached hydrogen (secondary N) is 1. The lowest BCUT2D eigenvalue weighted by Crippen LogP contribution is -2.30. The van der Waals surface area contributed by atoms with Crippen LogP contribution in [0.3, 0.4) is 0 Å². The van der Waals surface area contributed by atoms with Crippen molar-refractivity contribution in [2.75, 3.05) is 13.1 Å². The number of aromatic nitrogens is 3. The van der Waals surface area contributed by atoms with Crippen LogP contribution in [0.25, 0.3) is 0 Å². The summed E-state index contributed by atoms with van der Waals surface area (Å²) in [4.78, 5) is 4.69. The Morgan fingerprint density at radius 1 is 1.35 bits per heavy atom. The van der Waals surface area contributed by atoms with Crippen LogP contribution >= 0.6 is 0 Å². The van der Waals surface area contributed by atoms with E-state index in [9.17, 15) is 0 Å². The Morgan fingerprint density at radius 2 is 2.24 bits per heavy atom. The van der Waals surface area contributed by atoms with Gasteiger partial charge < -0.3 is 5.32 Å².